The molecule has 0 radical (unpaired) electrons. The maximum atomic E-state index is 10.7. The summed E-state index contributed by atoms with van der Waals surface area (Å²) in [4.78, 5) is 20.5. The number of benzene rings is 2. The van der Waals surface area contributed by atoms with E-state index in [-0.39, 0.29) is 11.4 Å². The van der Waals surface area contributed by atoms with Crippen LogP contribution in [0.3, 0.4) is 0 Å². The molecule has 0 unspecified atom stereocenters. The monoisotopic (exact) mass is 339 g/mol. The van der Waals surface area contributed by atoms with E-state index in [1.54, 1.807) is 24.3 Å². The molecule has 0 spiro atoms. The van der Waals surface area contributed by atoms with E-state index in [0.29, 0.717) is 19.3 Å². The molecule has 2 aromatic rings. The molecule has 0 aliphatic carbocycles. The van der Waals surface area contributed by atoms with E-state index >= 15 is 0 Å². The van der Waals surface area contributed by atoms with E-state index in [0.717, 1.165) is 11.1 Å². The third-order valence-electron chi connectivity index (χ3n) is 3.86. The standard InChI is InChI=1S/C18H17N3O4/c1-2-11-18(19,12-14-3-7-16(8-4-14)20(22)23)13-15-5-9-17(10-6-15)21(24)25/h1,3-10H,11-13,19H2. The summed E-state index contributed by atoms with van der Waals surface area (Å²) in [6, 6.07) is 12.3. The molecule has 0 aromatic heterocycles. The van der Waals surface area contributed by atoms with Crippen LogP contribution in [0, 0.1) is 32.6 Å². The maximum absolute atomic E-state index is 10.7. The van der Waals surface area contributed by atoms with Crippen molar-refractivity contribution in [3.63, 3.8) is 0 Å². The summed E-state index contributed by atoms with van der Waals surface area (Å²) in [5.74, 6) is 2.57. The molecule has 0 amide bonds. The zero-order valence-electron chi connectivity index (χ0n) is 13.4. The molecule has 25 heavy (non-hydrogen) atoms. The molecule has 2 aromatic carbocycles. The van der Waals surface area contributed by atoms with Crippen LogP contribution in [0.2, 0.25) is 0 Å². The van der Waals surface area contributed by atoms with Crippen LogP contribution in [0.15, 0.2) is 48.5 Å². The molecule has 0 heterocycles. The van der Waals surface area contributed by atoms with Crippen LogP contribution in [0.25, 0.3) is 0 Å². The first kappa shape index (κ1) is 18.1. The molecule has 0 atom stereocenters. The van der Waals surface area contributed by atoms with E-state index in [2.05, 4.69) is 5.92 Å². The number of nitrogens with two attached hydrogens (primary N) is 1. The van der Waals surface area contributed by atoms with Gasteiger partial charge in [-0.15, -0.1) is 12.3 Å². The summed E-state index contributed by atoms with van der Waals surface area (Å²) in [6.45, 7) is 0. The molecule has 0 bridgehead atoms. The number of hydrogen-bond donors (Lipinski definition) is 1. The SMILES string of the molecule is C#CCC(N)(Cc1ccc([N+](=O)[O-])cc1)Cc1ccc([N+](=O)[O-])cc1. The first-order valence-electron chi connectivity index (χ1n) is 7.52. The molecular weight excluding hydrogens is 322 g/mol. The molecule has 0 aliphatic heterocycles. The fraction of sp³-hybridized carbons (Fsp3) is 0.222. The Bertz CT molecular complexity index is 748. The second kappa shape index (κ2) is 7.55. The molecule has 0 aliphatic rings. The van der Waals surface area contributed by atoms with Gasteiger partial charge in [0.25, 0.3) is 11.4 Å². The van der Waals surface area contributed by atoms with Crippen LogP contribution in [0.5, 0.6) is 0 Å². The lowest BCUT2D eigenvalue weighted by Crippen LogP contribution is -2.44. The predicted octanol–water partition coefficient (Wildman–Crippen LogP) is 3.01. The van der Waals surface area contributed by atoms with Gasteiger partial charge in [-0.05, 0) is 24.0 Å². The van der Waals surface area contributed by atoms with Crippen molar-refractivity contribution < 1.29 is 9.85 Å². The summed E-state index contributed by atoms with van der Waals surface area (Å²) < 4.78 is 0. The zero-order chi connectivity index (χ0) is 18.4. The van der Waals surface area contributed by atoms with Gasteiger partial charge < -0.3 is 5.73 Å². The van der Waals surface area contributed by atoms with E-state index < -0.39 is 15.4 Å². The Hall–Kier alpha value is -3.24. The third-order valence-corrected chi connectivity index (χ3v) is 3.86. The lowest BCUT2D eigenvalue weighted by Gasteiger charge is -2.28. The summed E-state index contributed by atoms with van der Waals surface area (Å²) in [5, 5.41) is 21.4. The number of rotatable bonds is 7. The van der Waals surface area contributed by atoms with Crippen molar-refractivity contribution in [3.8, 4) is 12.3 Å². The fourth-order valence-corrected chi connectivity index (χ4v) is 2.67. The molecule has 7 heteroatoms. The zero-order valence-corrected chi connectivity index (χ0v) is 13.4. The number of nitrogens with zero attached hydrogens (tertiary/aromatic N) is 2. The Morgan fingerprint density at radius 3 is 1.52 bits per heavy atom. The van der Waals surface area contributed by atoms with Gasteiger partial charge in [0.05, 0.1) is 9.85 Å². The Labute approximate surface area is 144 Å². The molecule has 7 nitrogen and oxygen atoms in total. The van der Waals surface area contributed by atoms with Crippen molar-refractivity contribution in [2.45, 2.75) is 24.8 Å². The van der Waals surface area contributed by atoms with Gasteiger partial charge in [0.2, 0.25) is 0 Å². The van der Waals surface area contributed by atoms with Crippen molar-refractivity contribution in [2.24, 2.45) is 5.73 Å². The number of nitro benzene ring substituents is 2. The first-order chi connectivity index (χ1) is 11.8. The summed E-state index contributed by atoms with van der Waals surface area (Å²) in [6.07, 6.45) is 6.62. The molecular formula is C18H17N3O4. The lowest BCUT2D eigenvalue weighted by molar-refractivity contribution is -0.385. The van der Waals surface area contributed by atoms with E-state index in [1.165, 1.54) is 24.3 Å². The van der Waals surface area contributed by atoms with Gasteiger partial charge in [0, 0.05) is 36.2 Å². The summed E-state index contributed by atoms with van der Waals surface area (Å²) >= 11 is 0. The van der Waals surface area contributed by atoms with E-state index in [1.807, 2.05) is 0 Å². The summed E-state index contributed by atoms with van der Waals surface area (Å²) in [7, 11) is 0. The van der Waals surface area contributed by atoms with Crippen LogP contribution in [0.4, 0.5) is 11.4 Å². The molecule has 0 saturated heterocycles. The van der Waals surface area contributed by atoms with Crippen LogP contribution < -0.4 is 5.73 Å². The number of nitro groups is 2. The molecule has 2 rings (SSSR count). The molecule has 0 saturated carbocycles. The Balaban J connectivity index is 2.18. The fourth-order valence-electron chi connectivity index (χ4n) is 2.67. The Kier molecular flexibility index (Phi) is 5.47. The minimum atomic E-state index is -0.749. The minimum absolute atomic E-state index is 0.0127. The summed E-state index contributed by atoms with van der Waals surface area (Å²) in [5.41, 5.74) is 7.41. The average molecular weight is 339 g/mol. The quantitative estimate of drug-likeness (QED) is 0.473. The van der Waals surface area contributed by atoms with Crippen molar-refractivity contribution in [2.75, 3.05) is 0 Å². The smallest absolute Gasteiger partial charge is 0.269 e. The van der Waals surface area contributed by atoms with Crippen LogP contribution in [0.1, 0.15) is 17.5 Å². The van der Waals surface area contributed by atoms with Crippen LogP contribution in [-0.4, -0.2) is 15.4 Å². The van der Waals surface area contributed by atoms with E-state index in [4.69, 9.17) is 12.2 Å². The van der Waals surface area contributed by atoms with Crippen molar-refractivity contribution in [1.82, 2.24) is 0 Å². The lowest BCUT2D eigenvalue weighted by atomic mass is 9.83. The Morgan fingerprint density at radius 2 is 1.24 bits per heavy atom. The van der Waals surface area contributed by atoms with Gasteiger partial charge in [-0.2, -0.15) is 0 Å². The highest BCUT2D eigenvalue weighted by atomic mass is 16.6. The minimum Gasteiger partial charge on any atom is -0.324 e. The van der Waals surface area contributed by atoms with Crippen LogP contribution >= 0.6 is 0 Å². The van der Waals surface area contributed by atoms with Gasteiger partial charge >= 0.3 is 0 Å². The number of hydrogen-bond acceptors (Lipinski definition) is 5. The van der Waals surface area contributed by atoms with Crippen molar-refractivity contribution >= 4 is 11.4 Å². The molecule has 2 N–H and O–H groups in total. The largest absolute Gasteiger partial charge is 0.324 e. The second-order valence-corrected chi connectivity index (χ2v) is 5.94. The number of non-ortho nitro benzene ring substituents is 2. The average Bonchev–Trinajstić information content (AvgIpc) is 2.55. The topological polar surface area (TPSA) is 112 Å². The maximum Gasteiger partial charge on any atom is 0.269 e. The van der Waals surface area contributed by atoms with Crippen molar-refractivity contribution in [3.05, 3.63) is 79.9 Å². The third kappa shape index (κ3) is 4.86. The van der Waals surface area contributed by atoms with Gasteiger partial charge in [0.1, 0.15) is 0 Å². The van der Waals surface area contributed by atoms with Gasteiger partial charge in [-0.3, -0.25) is 20.2 Å². The highest BCUT2D eigenvalue weighted by Gasteiger charge is 2.25. The first-order valence-corrected chi connectivity index (χ1v) is 7.52. The molecule has 128 valence electrons. The predicted molar refractivity (Wildman–Crippen MR) is 94.0 cm³/mol. The van der Waals surface area contributed by atoms with Gasteiger partial charge in [0.15, 0.2) is 0 Å². The van der Waals surface area contributed by atoms with Crippen LogP contribution in [-0.2, 0) is 12.8 Å². The van der Waals surface area contributed by atoms with Crippen molar-refractivity contribution in [1.29, 1.82) is 0 Å². The normalized spacial score (nSPS) is 10.9. The van der Waals surface area contributed by atoms with Gasteiger partial charge in [-0.1, -0.05) is 24.3 Å². The Morgan fingerprint density at radius 1 is 0.880 bits per heavy atom. The second-order valence-electron chi connectivity index (χ2n) is 5.94. The number of terminal acetylenes is 1. The van der Waals surface area contributed by atoms with Gasteiger partial charge in [-0.25, -0.2) is 0 Å². The highest BCUT2D eigenvalue weighted by molar-refractivity contribution is 5.36. The van der Waals surface area contributed by atoms with E-state index in [9.17, 15) is 20.2 Å². The highest BCUT2D eigenvalue weighted by Crippen LogP contribution is 2.23. The molecule has 0 fully saturated rings.